The number of benzene rings is 1. The molecule has 1 N–H and O–H groups in total. The van der Waals surface area contributed by atoms with Gasteiger partial charge in [-0.3, -0.25) is 9.78 Å². The zero-order valence-electron chi connectivity index (χ0n) is 17.3. The third kappa shape index (κ3) is 6.63. The maximum absolute atomic E-state index is 12.2. The summed E-state index contributed by atoms with van der Waals surface area (Å²) >= 11 is 0. The number of sulfonamides is 1. The van der Waals surface area contributed by atoms with Crippen LogP contribution in [0.15, 0.2) is 59.9 Å². The van der Waals surface area contributed by atoms with Gasteiger partial charge in [0.05, 0.1) is 12.1 Å². The quantitative estimate of drug-likeness (QED) is 0.477. The molecule has 0 aliphatic rings. The molecule has 0 aliphatic carbocycles. The SMILES string of the molecule is Cc1nc(S(=O)(=O)NCCC(=O)OCc2ccc(OCc3ccccn3)cc2)cn1C. The van der Waals surface area contributed by atoms with Crippen molar-refractivity contribution in [3.05, 3.63) is 71.9 Å². The molecule has 1 aromatic carbocycles. The summed E-state index contributed by atoms with van der Waals surface area (Å²) in [6.07, 6.45) is 3.04. The predicted molar refractivity (Wildman–Crippen MR) is 113 cm³/mol. The van der Waals surface area contributed by atoms with Crippen molar-refractivity contribution in [1.29, 1.82) is 0 Å². The van der Waals surface area contributed by atoms with Crippen LogP contribution in [0.25, 0.3) is 0 Å². The van der Waals surface area contributed by atoms with E-state index in [-0.39, 0.29) is 24.6 Å². The number of aromatic nitrogens is 3. The number of nitrogens with zero attached hydrogens (tertiary/aromatic N) is 3. The smallest absolute Gasteiger partial charge is 0.307 e. The Morgan fingerprint density at radius 1 is 1.13 bits per heavy atom. The lowest BCUT2D eigenvalue weighted by molar-refractivity contribution is -0.144. The number of imidazole rings is 1. The van der Waals surface area contributed by atoms with E-state index in [1.54, 1.807) is 49.0 Å². The highest BCUT2D eigenvalue weighted by Gasteiger charge is 2.18. The van der Waals surface area contributed by atoms with Crippen LogP contribution in [0.1, 0.15) is 23.5 Å². The number of esters is 1. The first-order valence-electron chi connectivity index (χ1n) is 9.60. The van der Waals surface area contributed by atoms with Crippen molar-refractivity contribution in [2.75, 3.05) is 6.54 Å². The van der Waals surface area contributed by atoms with Gasteiger partial charge in [-0.15, -0.1) is 0 Å². The second-order valence-corrected chi connectivity index (χ2v) is 8.51. The predicted octanol–water partition coefficient (Wildman–Crippen LogP) is 2.11. The van der Waals surface area contributed by atoms with Crippen LogP contribution in [0.3, 0.4) is 0 Å². The Morgan fingerprint density at radius 2 is 1.90 bits per heavy atom. The van der Waals surface area contributed by atoms with Gasteiger partial charge in [0.2, 0.25) is 0 Å². The van der Waals surface area contributed by atoms with Crippen LogP contribution in [0, 0.1) is 6.92 Å². The first-order valence-corrected chi connectivity index (χ1v) is 11.1. The molecular formula is C21H24N4O5S. The number of pyridine rings is 1. The van der Waals surface area contributed by atoms with Crippen molar-refractivity contribution in [2.45, 2.75) is 31.6 Å². The molecule has 0 radical (unpaired) electrons. The van der Waals surface area contributed by atoms with Crippen molar-refractivity contribution < 1.29 is 22.7 Å². The molecule has 164 valence electrons. The van der Waals surface area contributed by atoms with Crippen molar-refractivity contribution in [3.8, 4) is 5.75 Å². The van der Waals surface area contributed by atoms with Gasteiger partial charge >= 0.3 is 5.97 Å². The average molecular weight is 445 g/mol. The largest absolute Gasteiger partial charge is 0.487 e. The summed E-state index contributed by atoms with van der Waals surface area (Å²) in [5.74, 6) is 0.753. The van der Waals surface area contributed by atoms with Crippen LogP contribution in [0.4, 0.5) is 0 Å². The fourth-order valence-corrected chi connectivity index (χ4v) is 3.64. The maximum Gasteiger partial charge on any atom is 0.307 e. The Balaban J connectivity index is 1.39. The lowest BCUT2D eigenvalue weighted by atomic mass is 10.2. The zero-order chi connectivity index (χ0) is 22.3. The van der Waals surface area contributed by atoms with Crippen molar-refractivity contribution >= 4 is 16.0 Å². The monoisotopic (exact) mass is 444 g/mol. The average Bonchev–Trinajstić information content (AvgIpc) is 3.11. The van der Waals surface area contributed by atoms with Gasteiger partial charge in [0.1, 0.15) is 24.8 Å². The van der Waals surface area contributed by atoms with Crippen molar-refractivity contribution in [2.24, 2.45) is 7.05 Å². The molecule has 0 atom stereocenters. The van der Waals surface area contributed by atoms with Crippen LogP contribution in [0.2, 0.25) is 0 Å². The molecule has 0 saturated heterocycles. The van der Waals surface area contributed by atoms with E-state index in [2.05, 4.69) is 14.7 Å². The van der Waals surface area contributed by atoms with Gasteiger partial charge in [0.25, 0.3) is 10.0 Å². The molecule has 0 unspecified atom stereocenters. The van der Waals surface area contributed by atoms with Crippen LogP contribution in [-0.4, -0.2) is 35.5 Å². The van der Waals surface area contributed by atoms with Crippen molar-refractivity contribution in [3.63, 3.8) is 0 Å². The van der Waals surface area contributed by atoms with Gasteiger partial charge in [0, 0.05) is 26.0 Å². The summed E-state index contributed by atoms with van der Waals surface area (Å²) in [7, 11) is -2.06. The van der Waals surface area contributed by atoms with E-state index in [1.165, 1.54) is 6.20 Å². The molecule has 2 heterocycles. The lowest BCUT2D eigenvalue weighted by Crippen LogP contribution is -2.27. The molecule has 0 aliphatic heterocycles. The summed E-state index contributed by atoms with van der Waals surface area (Å²) in [4.78, 5) is 20.1. The first kappa shape index (κ1) is 22.4. The summed E-state index contributed by atoms with van der Waals surface area (Å²) in [6.45, 7) is 2.08. The molecule has 0 fully saturated rings. The minimum Gasteiger partial charge on any atom is -0.487 e. The molecule has 3 aromatic rings. The molecule has 3 rings (SSSR count). The number of carbonyl (C=O) groups excluding carboxylic acids is 1. The lowest BCUT2D eigenvalue weighted by Gasteiger charge is -2.08. The van der Waals surface area contributed by atoms with Gasteiger partial charge in [-0.05, 0) is 36.8 Å². The second-order valence-electron chi connectivity index (χ2n) is 6.80. The fraction of sp³-hybridized carbons (Fsp3) is 0.286. The Labute approximate surface area is 181 Å². The van der Waals surface area contributed by atoms with E-state index in [4.69, 9.17) is 9.47 Å². The Kier molecular flexibility index (Phi) is 7.37. The molecule has 0 amide bonds. The number of rotatable bonds is 10. The van der Waals surface area contributed by atoms with E-state index in [1.807, 2.05) is 18.2 Å². The molecular weight excluding hydrogens is 420 g/mol. The second kappa shape index (κ2) is 10.2. The van der Waals surface area contributed by atoms with Crippen LogP contribution in [-0.2, 0) is 39.8 Å². The third-order valence-electron chi connectivity index (χ3n) is 4.42. The normalized spacial score (nSPS) is 11.3. The van der Waals surface area contributed by atoms with Crippen LogP contribution >= 0.6 is 0 Å². The molecule has 2 aromatic heterocycles. The fourth-order valence-electron chi connectivity index (χ4n) is 2.58. The highest BCUT2D eigenvalue weighted by atomic mass is 32.2. The minimum atomic E-state index is -3.76. The number of ether oxygens (including phenoxy) is 2. The van der Waals surface area contributed by atoms with Gasteiger partial charge in [-0.25, -0.2) is 18.1 Å². The maximum atomic E-state index is 12.2. The highest BCUT2D eigenvalue weighted by molar-refractivity contribution is 7.89. The summed E-state index contributed by atoms with van der Waals surface area (Å²) in [5, 5.41) is -0.0776. The minimum absolute atomic E-state index is 0.0723. The Hall–Kier alpha value is -3.24. The molecule has 9 nitrogen and oxygen atoms in total. The Morgan fingerprint density at radius 3 is 2.55 bits per heavy atom. The summed E-state index contributed by atoms with van der Waals surface area (Å²) in [6, 6.07) is 12.8. The third-order valence-corrected chi connectivity index (χ3v) is 5.75. The first-order chi connectivity index (χ1) is 14.8. The van der Waals surface area contributed by atoms with E-state index >= 15 is 0 Å². The topological polar surface area (TPSA) is 112 Å². The molecule has 0 spiro atoms. The summed E-state index contributed by atoms with van der Waals surface area (Å²) < 4.78 is 39.2. The summed E-state index contributed by atoms with van der Waals surface area (Å²) in [5.41, 5.74) is 1.62. The highest BCUT2D eigenvalue weighted by Crippen LogP contribution is 2.14. The van der Waals surface area contributed by atoms with Gasteiger partial charge in [0.15, 0.2) is 5.03 Å². The van der Waals surface area contributed by atoms with Crippen molar-refractivity contribution in [1.82, 2.24) is 19.3 Å². The van der Waals surface area contributed by atoms with Gasteiger partial charge in [-0.1, -0.05) is 18.2 Å². The Bertz CT molecular complexity index is 1090. The van der Waals surface area contributed by atoms with E-state index in [0.717, 1.165) is 11.3 Å². The number of carbonyl (C=O) groups is 1. The van der Waals surface area contributed by atoms with Crippen LogP contribution < -0.4 is 9.46 Å². The number of hydrogen-bond donors (Lipinski definition) is 1. The van der Waals surface area contributed by atoms with E-state index < -0.39 is 16.0 Å². The molecule has 10 heteroatoms. The van der Waals surface area contributed by atoms with E-state index in [0.29, 0.717) is 18.2 Å². The van der Waals surface area contributed by atoms with Crippen LogP contribution in [0.5, 0.6) is 5.75 Å². The van der Waals surface area contributed by atoms with Gasteiger partial charge in [-0.2, -0.15) is 0 Å². The molecule has 0 bridgehead atoms. The van der Waals surface area contributed by atoms with Gasteiger partial charge < -0.3 is 14.0 Å². The number of nitrogens with one attached hydrogen (secondary N) is 1. The molecule has 31 heavy (non-hydrogen) atoms. The number of aryl methyl sites for hydroxylation is 2. The number of hydrogen-bond acceptors (Lipinski definition) is 7. The zero-order valence-corrected chi connectivity index (χ0v) is 18.1. The standard InChI is InChI=1S/C21H24N4O5S/c1-16-24-20(13-25(16)2)31(27,28)23-12-10-21(26)30-14-17-6-8-19(9-7-17)29-15-18-5-3-4-11-22-18/h3-9,11,13,23H,10,12,14-15H2,1-2H3. The van der Waals surface area contributed by atoms with E-state index in [9.17, 15) is 13.2 Å². The molecule has 0 saturated carbocycles.